The van der Waals surface area contributed by atoms with Crippen molar-refractivity contribution in [3.05, 3.63) is 53.5 Å². The van der Waals surface area contributed by atoms with Gasteiger partial charge in [0, 0.05) is 24.9 Å². The van der Waals surface area contributed by atoms with E-state index in [-0.39, 0.29) is 18.0 Å². The number of fused-ring (bicyclic) bond motifs is 2. The van der Waals surface area contributed by atoms with Gasteiger partial charge in [0.15, 0.2) is 11.6 Å². The topological polar surface area (TPSA) is 97.0 Å². The lowest BCUT2D eigenvalue weighted by molar-refractivity contribution is -0.137. The number of rotatable bonds is 4. The number of nitrogens with one attached hydrogen (secondary N) is 1. The first-order chi connectivity index (χ1) is 17.0. The molecule has 13 heteroatoms. The standard InChI is InChI=1S/C23H21F5N6O2/c1-3-12-4-14-8-22(7-12,20-33-32-11(2)36-20)34(14)21(35)31-18-5-15(19-29-9-13(24)10-30-19)16(6-17(18)25)23(26,27)28/h5-6,9-10,12,14H,3-4,7-8H2,1-2H3,(H,31,35)/t12-,14+,22-/m0/s1. The number of carbonyl (C=O) groups excluding carboxylic acids is 1. The molecule has 190 valence electrons. The molecule has 0 spiro atoms. The van der Waals surface area contributed by atoms with Gasteiger partial charge >= 0.3 is 12.2 Å². The van der Waals surface area contributed by atoms with E-state index in [1.54, 1.807) is 6.92 Å². The third-order valence-electron chi connectivity index (χ3n) is 6.87. The van der Waals surface area contributed by atoms with E-state index in [1.807, 2.05) is 6.92 Å². The van der Waals surface area contributed by atoms with Gasteiger partial charge in [-0.25, -0.2) is 23.5 Å². The minimum atomic E-state index is -4.94. The van der Waals surface area contributed by atoms with Gasteiger partial charge in [-0.1, -0.05) is 13.3 Å². The molecule has 2 amide bonds. The van der Waals surface area contributed by atoms with Crippen molar-refractivity contribution in [2.45, 2.75) is 57.3 Å². The molecule has 3 fully saturated rings. The zero-order valence-corrected chi connectivity index (χ0v) is 19.2. The van der Waals surface area contributed by atoms with Crippen LogP contribution < -0.4 is 5.32 Å². The van der Waals surface area contributed by atoms with E-state index in [0.29, 0.717) is 37.0 Å². The molecular formula is C23H21F5N6O2. The highest BCUT2D eigenvalue weighted by molar-refractivity contribution is 5.92. The number of hydrogen-bond donors (Lipinski definition) is 1. The van der Waals surface area contributed by atoms with Crippen molar-refractivity contribution >= 4 is 11.7 Å². The Balaban J connectivity index is 1.50. The quantitative estimate of drug-likeness (QED) is 0.471. The monoisotopic (exact) mass is 508 g/mol. The molecule has 6 rings (SSSR count). The molecule has 2 bridgehead atoms. The van der Waals surface area contributed by atoms with E-state index in [1.165, 1.54) is 4.90 Å². The summed E-state index contributed by atoms with van der Waals surface area (Å²) in [5.41, 5.74) is -3.32. The van der Waals surface area contributed by atoms with Crippen LogP contribution in [-0.2, 0) is 11.7 Å². The molecular weight excluding hydrogens is 487 g/mol. The molecule has 3 atom stereocenters. The molecule has 2 aromatic heterocycles. The number of hydrogen-bond acceptors (Lipinski definition) is 6. The van der Waals surface area contributed by atoms with Crippen LogP contribution in [0.5, 0.6) is 0 Å². The lowest BCUT2D eigenvalue weighted by Gasteiger charge is -2.61. The first-order valence-corrected chi connectivity index (χ1v) is 11.3. The molecule has 0 unspecified atom stereocenters. The minimum absolute atomic E-state index is 0.173. The van der Waals surface area contributed by atoms with Crippen molar-refractivity contribution in [3.63, 3.8) is 0 Å². The Labute approximate surface area is 201 Å². The zero-order chi connectivity index (χ0) is 25.8. The first kappa shape index (κ1) is 24.1. The predicted molar refractivity (Wildman–Crippen MR) is 115 cm³/mol. The molecule has 1 N–H and O–H groups in total. The number of halogens is 5. The number of amides is 2. The average Bonchev–Trinajstić information content (AvgIpc) is 3.26. The molecule has 36 heavy (non-hydrogen) atoms. The first-order valence-electron chi connectivity index (χ1n) is 11.3. The maximum absolute atomic E-state index is 14.8. The number of anilines is 1. The summed E-state index contributed by atoms with van der Waals surface area (Å²) < 4.78 is 74.6. The van der Waals surface area contributed by atoms with Gasteiger partial charge < -0.3 is 14.6 Å². The van der Waals surface area contributed by atoms with E-state index >= 15 is 0 Å². The Kier molecular flexibility index (Phi) is 5.67. The number of nitrogens with zero attached hydrogens (tertiary/aromatic N) is 5. The Morgan fingerprint density at radius 1 is 1.19 bits per heavy atom. The van der Waals surface area contributed by atoms with Crippen LogP contribution in [0.4, 0.5) is 32.4 Å². The number of carbonyl (C=O) groups is 1. The number of aryl methyl sites for hydroxylation is 1. The van der Waals surface area contributed by atoms with E-state index < -0.39 is 52.0 Å². The summed E-state index contributed by atoms with van der Waals surface area (Å²) >= 11 is 0. The number of benzene rings is 1. The number of aromatic nitrogens is 4. The Bertz CT molecular complexity index is 1310. The highest BCUT2D eigenvalue weighted by Gasteiger charge is 2.62. The molecule has 1 aliphatic carbocycles. The lowest BCUT2D eigenvalue weighted by Crippen LogP contribution is -2.70. The number of urea groups is 1. The van der Waals surface area contributed by atoms with Gasteiger partial charge in [0.2, 0.25) is 11.8 Å². The number of alkyl halides is 3. The van der Waals surface area contributed by atoms with Crippen molar-refractivity contribution in [1.29, 1.82) is 0 Å². The number of piperidine rings is 1. The van der Waals surface area contributed by atoms with E-state index in [2.05, 4.69) is 25.5 Å². The van der Waals surface area contributed by atoms with Gasteiger partial charge in [0.1, 0.15) is 11.4 Å². The van der Waals surface area contributed by atoms with Gasteiger partial charge in [-0.05, 0) is 30.9 Å². The van der Waals surface area contributed by atoms with Gasteiger partial charge in [-0.2, -0.15) is 13.2 Å². The zero-order valence-electron chi connectivity index (χ0n) is 19.2. The smallest absolute Gasteiger partial charge is 0.417 e. The summed E-state index contributed by atoms with van der Waals surface area (Å²) in [6.45, 7) is 3.67. The van der Waals surface area contributed by atoms with Crippen LogP contribution in [0.2, 0.25) is 0 Å². The SMILES string of the molecule is CC[C@H]1C[C@@H]2C[C@](c3nnc(C)o3)(C1)N2C(=O)Nc1cc(-c2ncc(F)cn2)c(C(F)(F)F)cc1F. The maximum Gasteiger partial charge on any atom is 0.417 e. The minimum Gasteiger partial charge on any atom is -0.423 e. The summed E-state index contributed by atoms with van der Waals surface area (Å²) in [5.74, 6) is -1.69. The second-order valence-electron chi connectivity index (χ2n) is 9.13. The van der Waals surface area contributed by atoms with Crippen molar-refractivity contribution in [3.8, 4) is 11.4 Å². The normalized spacial score (nSPS) is 23.4. The summed E-state index contributed by atoms with van der Waals surface area (Å²) in [6.07, 6.45) is -0.780. The van der Waals surface area contributed by atoms with Gasteiger partial charge in [-0.15, -0.1) is 10.2 Å². The molecule has 8 nitrogen and oxygen atoms in total. The van der Waals surface area contributed by atoms with Crippen molar-refractivity contribution in [2.75, 3.05) is 5.32 Å². The molecule has 2 aliphatic heterocycles. The Morgan fingerprint density at radius 3 is 2.53 bits per heavy atom. The second kappa shape index (κ2) is 8.49. The summed E-state index contributed by atoms with van der Waals surface area (Å²) in [5, 5.41) is 10.4. The third-order valence-corrected chi connectivity index (χ3v) is 6.87. The molecule has 0 radical (unpaired) electrons. The molecule has 3 aliphatic rings. The fourth-order valence-corrected chi connectivity index (χ4v) is 5.28. The summed E-state index contributed by atoms with van der Waals surface area (Å²) in [6, 6.07) is 0.186. The fraction of sp³-hybridized carbons (Fsp3) is 0.435. The van der Waals surface area contributed by atoms with E-state index in [4.69, 9.17) is 4.42 Å². The highest BCUT2D eigenvalue weighted by atomic mass is 19.4. The van der Waals surface area contributed by atoms with Crippen LogP contribution in [0.25, 0.3) is 11.4 Å². The molecule has 1 aromatic carbocycles. The van der Waals surface area contributed by atoms with Crippen molar-refractivity contribution in [1.82, 2.24) is 25.1 Å². The second-order valence-corrected chi connectivity index (χ2v) is 9.13. The Morgan fingerprint density at radius 2 is 1.92 bits per heavy atom. The van der Waals surface area contributed by atoms with E-state index in [0.717, 1.165) is 18.9 Å². The molecule has 4 heterocycles. The molecule has 2 saturated heterocycles. The van der Waals surface area contributed by atoms with Crippen LogP contribution in [-0.4, -0.2) is 37.1 Å². The summed E-state index contributed by atoms with van der Waals surface area (Å²) in [7, 11) is 0. The Hall–Kier alpha value is -3.64. The summed E-state index contributed by atoms with van der Waals surface area (Å²) in [4.78, 5) is 22.1. The van der Waals surface area contributed by atoms with Gasteiger partial charge in [0.05, 0.1) is 23.6 Å². The predicted octanol–water partition coefficient (Wildman–Crippen LogP) is 5.45. The fourth-order valence-electron chi connectivity index (χ4n) is 5.28. The average molecular weight is 508 g/mol. The van der Waals surface area contributed by atoms with E-state index in [9.17, 15) is 26.7 Å². The van der Waals surface area contributed by atoms with Crippen LogP contribution in [0.3, 0.4) is 0 Å². The van der Waals surface area contributed by atoms with Crippen molar-refractivity contribution < 1.29 is 31.2 Å². The van der Waals surface area contributed by atoms with Gasteiger partial charge in [-0.3, -0.25) is 0 Å². The highest BCUT2D eigenvalue weighted by Crippen LogP contribution is 2.56. The maximum atomic E-state index is 14.8. The molecule has 3 aromatic rings. The molecule has 1 saturated carbocycles. The van der Waals surface area contributed by atoms with Crippen LogP contribution in [0.1, 0.15) is 50.0 Å². The van der Waals surface area contributed by atoms with Gasteiger partial charge in [0.25, 0.3) is 0 Å². The third kappa shape index (κ3) is 3.95. The van der Waals surface area contributed by atoms with Crippen LogP contribution in [0.15, 0.2) is 28.9 Å². The van der Waals surface area contributed by atoms with Crippen LogP contribution >= 0.6 is 0 Å². The largest absolute Gasteiger partial charge is 0.423 e. The van der Waals surface area contributed by atoms with Crippen LogP contribution in [0, 0.1) is 24.5 Å². The lowest BCUT2D eigenvalue weighted by atomic mass is 9.63. The van der Waals surface area contributed by atoms with Crippen molar-refractivity contribution in [2.24, 2.45) is 5.92 Å².